The van der Waals surface area contributed by atoms with Crippen molar-refractivity contribution in [1.29, 1.82) is 0 Å². The van der Waals surface area contributed by atoms with Crippen molar-refractivity contribution in [2.45, 2.75) is 0 Å². The van der Waals surface area contributed by atoms with Crippen molar-refractivity contribution in [1.82, 2.24) is 4.98 Å². The molecule has 128 valence electrons. The van der Waals surface area contributed by atoms with Gasteiger partial charge in [-0.1, -0.05) is 11.3 Å². The van der Waals surface area contributed by atoms with Gasteiger partial charge in [-0.05, 0) is 36.4 Å². The summed E-state index contributed by atoms with van der Waals surface area (Å²) in [7, 11) is 5.29. The molecule has 3 aromatic rings. The lowest BCUT2D eigenvalue weighted by Gasteiger charge is -2.13. The van der Waals surface area contributed by atoms with E-state index in [0.717, 1.165) is 21.7 Å². The lowest BCUT2D eigenvalue weighted by Crippen LogP contribution is -2.09. The van der Waals surface area contributed by atoms with E-state index in [-0.39, 0.29) is 11.3 Å². The Morgan fingerprint density at radius 3 is 2.68 bits per heavy atom. The SMILES string of the molecule is COc1ccc2nc(N=Nc3ccc(N(C)C)cc3C(=O)O)sc2c1. The van der Waals surface area contributed by atoms with E-state index in [2.05, 4.69) is 15.2 Å². The summed E-state index contributed by atoms with van der Waals surface area (Å²) in [5.74, 6) is -0.307. The quantitative estimate of drug-likeness (QED) is 0.681. The maximum atomic E-state index is 11.5. The smallest absolute Gasteiger partial charge is 0.338 e. The summed E-state index contributed by atoms with van der Waals surface area (Å²) in [6.45, 7) is 0. The molecule has 0 saturated heterocycles. The Kier molecular flexibility index (Phi) is 4.62. The number of carboxylic acids is 1. The minimum atomic E-state index is -1.05. The third-order valence-electron chi connectivity index (χ3n) is 3.55. The van der Waals surface area contributed by atoms with E-state index in [1.54, 1.807) is 25.3 Å². The fourth-order valence-corrected chi connectivity index (χ4v) is 3.04. The van der Waals surface area contributed by atoms with Gasteiger partial charge in [-0.2, -0.15) is 0 Å². The Morgan fingerprint density at radius 2 is 2.00 bits per heavy atom. The van der Waals surface area contributed by atoms with Gasteiger partial charge in [0.25, 0.3) is 0 Å². The summed E-state index contributed by atoms with van der Waals surface area (Å²) in [5.41, 5.74) is 1.96. The molecule has 0 bridgehead atoms. The molecule has 25 heavy (non-hydrogen) atoms. The van der Waals surface area contributed by atoms with Crippen LogP contribution in [0.5, 0.6) is 5.75 Å². The number of carboxylic acid groups (broad SMARTS) is 1. The van der Waals surface area contributed by atoms with E-state index in [9.17, 15) is 9.90 Å². The molecule has 3 rings (SSSR count). The van der Waals surface area contributed by atoms with E-state index in [4.69, 9.17) is 4.74 Å². The van der Waals surface area contributed by atoms with E-state index < -0.39 is 5.97 Å². The number of benzene rings is 2. The van der Waals surface area contributed by atoms with Crippen molar-refractivity contribution in [2.75, 3.05) is 26.1 Å². The van der Waals surface area contributed by atoms with E-state index in [1.165, 1.54) is 11.3 Å². The van der Waals surface area contributed by atoms with Crippen molar-refractivity contribution < 1.29 is 14.6 Å². The number of hydrogen-bond acceptors (Lipinski definition) is 7. The van der Waals surface area contributed by atoms with Crippen LogP contribution in [0.1, 0.15) is 10.4 Å². The molecule has 0 aliphatic carbocycles. The number of hydrogen-bond donors (Lipinski definition) is 1. The summed E-state index contributed by atoms with van der Waals surface area (Å²) in [5, 5.41) is 18.0. The van der Waals surface area contributed by atoms with Crippen molar-refractivity contribution in [3.05, 3.63) is 42.0 Å². The predicted molar refractivity (Wildman–Crippen MR) is 98.1 cm³/mol. The first-order valence-corrected chi connectivity index (χ1v) is 8.20. The van der Waals surface area contributed by atoms with Crippen LogP contribution in [-0.4, -0.2) is 37.3 Å². The molecule has 0 saturated carbocycles. The highest BCUT2D eigenvalue weighted by Gasteiger charge is 2.12. The number of aromatic nitrogens is 1. The standard InChI is InChI=1S/C17H16N4O3S/c1-21(2)10-4-6-13(12(8-10)16(22)23)19-20-17-18-14-7-5-11(24-3)9-15(14)25-17/h4-9H,1-3H3,(H,22,23). The molecule has 7 nitrogen and oxygen atoms in total. The van der Waals surface area contributed by atoms with Crippen molar-refractivity contribution in [3.8, 4) is 5.75 Å². The molecule has 2 aromatic carbocycles. The second-order valence-corrected chi connectivity index (χ2v) is 6.44. The lowest BCUT2D eigenvalue weighted by molar-refractivity contribution is 0.0698. The molecule has 0 amide bonds. The number of ether oxygens (including phenoxy) is 1. The number of thiazole rings is 1. The highest BCUT2D eigenvalue weighted by molar-refractivity contribution is 7.21. The number of methoxy groups -OCH3 is 1. The van der Waals surface area contributed by atoms with E-state index in [1.807, 2.05) is 37.2 Å². The third-order valence-corrected chi connectivity index (χ3v) is 4.46. The second kappa shape index (κ2) is 6.86. The van der Waals surface area contributed by atoms with Gasteiger partial charge in [-0.15, -0.1) is 10.2 Å². The molecule has 0 unspecified atom stereocenters. The van der Waals surface area contributed by atoms with Crippen LogP contribution in [0.4, 0.5) is 16.5 Å². The van der Waals surface area contributed by atoms with Crippen LogP contribution >= 0.6 is 11.3 Å². The molecule has 1 heterocycles. The highest BCUT2D eigenvalue weighted by Crippen LogP contribution is 2.32. The van der Waals surface area contributed by atoms with Gasteiger partial charge < -0.3 is 14.7 Å². The minimum absolute atomic E-state index is 0.0951. The fourth-order valence-electron chi connectivity index (χ4n) is 2.22. The number of nitrogens with zero attached hydrogens (tertiary/aromatic N) is 4. The van der Waals surface area contributed by atoms with E-state index >= 15 is 0 Å². The molecule has 1 aromatic heterocycles. The maximum Gasteiger partial charge on any atom is 0.338 e. The van der Waals surface area contributed by atoms with Crippen LogP contribution in [0.25, 0.3) is 10.2 Å². The number of carbonyl (C=O) groups is 1. The van der Waals surface area contributed by atoms with E-state index in [0.29, 0.717) is 5.13 Å². The van der Waals surface area contributed by atoms with Crippen LogP contribution < -0.4 is 9.64 Å². The van der Waals surface area contributed by atoms with Gasteiger partial charge in [0, 0.05) is 19.8 Å². The zero-order chi connectivity index (χ0) is 18.0. The Morgan fingerprint density at radius 1 is 1.20 bits per heavy atom. The Balaban J connectivity index is 1.94. The van der Waals surface area contributed by atoms with Gasteiger partial charge in [-0.25, -0.2) is 9.78 Å². The van der Waals surface area contributed by atoms with Gasteiger partial charge >= 0.3 is 5.97 Å². The molecule has 0 spiro atoms. The molecule has 0 aliphatic rings. The van der Waals surface area contributed by atoms with Crippen LogP contribution in [0, 0.1) is 0 Å². The first kappa shape index (κ1) is 16.8. The highest BCUT2D eigenvalue weighted by atomic mass is 32.1. The summed E-state index contributed by atoms with van der Waals surface area (Å²) >= 11 is 1.36. The molecule has 0 radical (unpaired) electrons. The van der Waals surface area contributed by atoms with Gasteiger partial charge in [0.15, 0.2) is 0 Å². The van der Waals surface area contributed by atoms with Crippen LogP contribution in [0.3, 0.4) is 0 Å². The molecular formula is C17H16N4O3S. The average Bonchev–Trinajstić information content (AvgIpc) is 3.01. The zero-order valence-electron chi connectivity index (χ0n) is 13.9. The topological polar surface area (TPSA) is 87.4 Å². The lowest BCUT2D eigenvalue weighted by atomic mass is 10.1. The van der Waals surface area contributed by atoms with Crippen LogP contribution in [-0.2, 0) is 0 Å². The number of anilines is 1. The first-order valence-electron chi connectivity index (χ1n) is 7.39. The fraction of sp³-hybridized carbons (Fsp3) is 0.176. The van der Waals surface area contributed by atoms with Crippen LogP contribution in [0.2, 0.25) is 0 Å². The molecule has 1 N–H and O–H groups in total. The van der Waals surface area contributed by atoms with Crippen molar-refractivity contribution in [2.24, 2.45) is 10.2 Å². The number of azo groups is 1. The molecule has 0 atom stereocenters. The molecule has 0 fully saturated rings. The molecular weight excluding hydrogens is 340 g/mol. The Hall–Kier alpha value is -3.00. The average molecular weight is 356 g/mol. The summed E-state index contributed by atoms with van der Waals surface area (Å²) in [4.78, 5) is 17.7. The van der Waals surface area contributed by atoms with Crippen molar-refractivity contribution in [3.63, 3.8) is 0 Å². The molecule has 0 aliphatic heterocycles. The summed E-state index contributed by atoms with van der Waals surface area (Å²) < 4.78 is 6.11. The van der Waals surface area contributed by atoms with Gasteiger partial charge in [0.2, 0.25) is 5.13 Å². The Labute approximate surface area is 148 Å². The minimum Gasteiger partial charge on any atom is -0.497 e. The first-order chi connectivity index (χ1) is 12.0. The zero-order valence-corrected chi connectivity index (χ0v) is 14.7. The van der Waals surface area contributed by atoms with Gasteiger partial charge in [0.05, 0.1) is 22.9 Å². The normalized spacial score (nSPS) is 11.2. The maximum absolute atomic E-state index is 11.5. The van der Waals surface area contributed by atoms with Crippen molar-refractivity contribution >= 4 is 44.0 Å². The monoisotopic (exact) mass is 356 g/mol. The third kappa shape index (κ3) is 3.58. The molecule has 8 heteroatoms. The Bertz CT molecular complexity index is 966. The second-order valence-electron chi connectivity index (χ2n) is 5.43. The number of rotatable bonds is 5. The largest absolute Gasteiger partial charge is 0.497 e. The van der Waals surface area contributed by atoms with Gasteiger partial charge in [0.1, 0.15) is 11.4 Å². The predicted octanol–water partition coefficient (Wildman–Crippen LogP) is 4.48. The number of fused-ring (bicyclic) bond motifs is 1. The number of aromatic carboxylic acids is 1. The van der Waals surface area contributed by atoms with Gasteiger partial charge in [-0.3, -0.25) is 0 Å². The van der Waals surface area contributed by atoms with Crippen LogP contribution in [0.15, 0.2) is 46.6 Å². The summed E-state index contributed by atoms with van der Waals surface area (Å²) in [6, 6.07) is 10.5. The summed E-state index contributed by atoms with van der Waals surface area (Å²) in [6.07, 6.45) is 0.